The summed E-state index contributed by atoms with van der Waals surface area (Å²) >= 11 is 3.48. The molecule has 21 heavy (non-hydrogen) atoms. The molecule has 5 heteroatoms. The van der Waals surface area contributed by atoms with Crippen molar-refractivity contribution in [3.05, 3.63) is 28.2 Å². The number of benzene rings is 1. The minimum Gasteiger partial charge on any atom is -0.324 e. The minimum atomic E-state index is -0.263. The van der Waals surface area contributed by atoms with Crippen molar-refractivity contribution >= 4 is 27.5 Å². The van der Waals surface area contributed by atoms with E-state index in [1.165, 1.54) is 0 Å². The van der Waals surface area contributed by atoms with Crippen LogP contribution in [0.25, 0.3) is 0 Å². The normalized spacial score (nSPS) is 19.0. The summed E-state index contributed by atoms with van der Waals surface area (Å²) in [7, 11) is 4.13. The highest BCUT2D eigenvalue weighted by Gasteiger charge is 2.32. The molecule has 1 aromatic rings. The van der Waals surface area contributed by atoms with Gasteiger partial charge in [-0.1, -0.05) is 29.8 Å². The summed E-state index contributed by atoms with van der Waals surface area (Å²) < 4.78 is 0.998. The van der Waals surface area contributed by atoms with E-state index in [0.717, 1.165) is 28.7 Å². The van der Waals surface area contributed by atoms with Gasteiger partial charge < -0.3 is 10.2 Å². The molecular formula is C16H24BrN3O. The van der Waals surface area contributed by atoms with E-state index in [9.17, 15) is 4.79 Å². The Labute approximate surface area is 135 Å². The monoisotopic (exact) mass is 353 g/mol. The van der Waals surface area contributed by atoms with Crippen molar-refractivity contribution in [2.75, 3.05) is 26.0 Å². The van der Waals surface area contributed by atoms with E-state index in [1.807, 2.05) is 18.2 Å². The maximum absolute atomic E-state index is 12.2. The lowest BCUT2D eigenvalue weighted by molar-refractivity contribution is -0.117. The van der Waals surface area contributed by atoms with Gasteiger partial charge in [-0.25, -0.2) is 0 Å². The molecule has 2 unspecified atom stereocenters. The molecule has 0 saturated carbocycles. The Kier molecular flexibility index (Phi) is 5.41. The standard InChI is InChI=1S/C16H24BrN3O/c1-10(2)7-12(9-20(3)4)18-15-13-8-11(17)5-6-14(13)19-16(15)21/h5-6,8,10,12,15,18H,7,9H2,1-4H3,(H,19,21). The summed E-state index contributed by atoms with van der Waals surface area (Å²) in [5.74, 6) is 0.629. The van der Waals surface area contributed by atoms with Crippen LogP contribution < -0.4 is 10.6 Å². The number of hydrogen-bond donors (Lipinski definition) is 2. The van der Waals surface area contributed by atoms with Gasteiger partial charge >= 0.3 is 0 Å². The predicted molar refractivity (Wildman–Crippen MR) is 90.4 cm³/mol. The van der Waals surface area contributed by atoms with Crippen LogP contribution in [0.4, 0.5) is 5.69 Å². The van der Waals surface area contributed by atoms with Crippen LogP contribution in [-0.2, 0) is 4.79 Å². The molecule has 0 aromatic heterocycles. The van der Waals surface area contributed by atoms with E-state index in [1.54, 1.807) is 0 Å². The fourth-order valence-electron chi connectivity index (χ4n) is 2.84. The lowest BCUT2D eigenvalue weighted by atomic mass is 10.0. The average Bonchev–Trinajstić information content (AvgIpc) is 2.64. The fraction of sp³-hybridized carbons (Fsp3) is 0.562. The van der Waals surface area contributed by atoms with Gasteiger partial charge in [0.05, 0.1) is 0 Å². The van der Waals surface area contributed by atoms with Crippen LogP contribution in [0.5, 0.6) is 0 Å². The third kappa shape index (κ3) is 4.28. The second-order valence-electron chi connectivity index (χ2n) is 6.41. The summed E-state index contributed by atoms with van der Waals surface area (Å²) in [5, 5.41) is 6.49. The van der Waals surface area contributed by atoms with E-state index in [0.29, 0.717) is 12.0 Å². The topological polar surface area (TPSA) is 44.4 Å². The van der Waals surface area contributed by atoms with E-state index < -0.39 is 0 Å². The lowest BCUT2D eigenvalue weighted by Crippen LogP contribution is -2.43. The van der Waals surface area contributed by atoms with Crippen LogP contribution in [0.2, 0.25) is 0 Å². The van der Waals surface area contributed by atoms with Crippen molar-refractivity contribution in [2.24, 2.45) is 5.92 Å². The van der Waals surface area contributed by atoms with Gasteiger partial charge in [-0.05, 0) is 44.6 Å². The predicted octanol–water partition coefficient (Wildman–Crippen LogP) is 3.01. The maximum Gasteiger partial charge on any atom is 0.246 e. The van der Waals surface area contributed by atoms with Crippen LogP contribution in [-0.4, -0.2) is 37.5 Å². The van der Waals surface area contributed by atoms with Crippen molar-refractivity contribution in [1.82, 2.24) is 10.2 Å². The Morgan fingerprint density at radius 1 is 1.38 bits per heavy atom. The van der Waals surface area contributed by atoms with Gasteiger partial charge in [0.1, 0.15) is 6.04 Å². The first-order chi connectivity index (χ1) is 9.86. The number of anilines is 1. The molecule has 1 aliphatic heterocycles. The Bertz CT molecular complexity index is 506. The van der Waals surface area contributed by atoms with Crippen molar-refractivity contribution in [2.45, 2.75) is 32.4 Å². The molecule has 1 heterocycles. The summed E-state index contributed by atoms with van der Waals surface area (Å²) in [5.41, 5.74) is 1.94. The number of likely N-dealkylation sites (N-methyl/N-ethyl adjacent to an activating group) is 1. The van der Waals surface area contributed by atoms with Gasteiger partial charge in [-0.15, -0.1) is 0 Å². The summed E-state index contributed by atoms with van der Waals surface area (Å²) in [6, 6.07) is 5.95. The zero-order valence-electron chi connectivity index (χ0n) is 13.1. The zero-order valence-corrected chi connectivity index (χ0v) is 14.7. The smallest absolute Gasteiger partial charge is 0.246 e. The Morgan fingerprint density at radius 2 is 2.10 bits per heavy atom. The molecule has 4 nitrogen and oxygen atoms in total. The number of nitrogens with zero attached hydrogens (tertiary/aromatic N) is 1. The quantitative estimate of drug-likeness (QED) is 0.826. The third-order valence-corrected chi connectivity index (χ3v) is 4.08. The molecule has 2 atom stereocenters. The number of carbonyl (C=O) groups is 1. The Balaban J connectivity index is 2.16. The molecule has 2 rings (SSSR count). The van der Waals surface area contributed by atoms with Gasteiger partial charge in [-0.3, -0.25) is 10.1 Å². The molecule has 0 radical (unpaired) electrons. The minimum absolute atomic E-state index is 0.0376. The molecular weight excluding hydrogens is 330 g/mol. The molecule has 1 amide bonds. The first kappa shape index (κ1) is 16.5. The second kappa shape index (κ2) is 6.90. The first-order valence-electron chi connectivity index (χ1n) is 7.38. The number of hydrogen-bond acceptors (Lipinski definition) is 3. The second-order valence-corrected chi connectivity index (χ2v) is 7.32. The van der Waals surface area contributed by atoms with E-state index in [2.05, 4.69) is 59.4 Å². The zero-order chi connectivity index (χ0) is 15.6. The maximum atomic E-state index is 12.2. The highest BCUT2D eigenvalue weighted by atomic mass is 79.9. The molecule has 1 aromatic carbocycles. The molecule has 0 spiro atoms. The molecule has 2 N–H and O–H groups in total. The summed E-state index contributed by atoms with van der Waals surface area (Å²) in [6.45, 7) is 5.35. The lowest BCUT2D eigenvalue weighted by Gasteiger charge is -2.26. The molecule has 0 bridgehead atoms. The van der Waals surface area contributed by atoms with Gasteiger partial charge in [-0.2, -0.15) is 0 Å². The van der Waals surface area contributed by atoms with Crippen LogP contribution in [0.3, 0.4) is 0 Å². The van der Waals surface area contributed by atoms with E-state index in [-0.39, 0.29) is 11.9 Å². The fourth-order valence-corrected chi connectivity index (χ4v) is 3.22. The Hall–Kier alpha value is -0.910. The highest BCUT2D eigenvalue weighted by molar-refractivity contribution is 9.10. The number of carbonyl (C=O) groups excluding carboxylic acids is 1. The number of amides is 1. The number of nitrogens with one attached hydrogen (secondary N) is 2. The largest absolute Gasteiger partial charge is 0.324 e. The van der Waals surface area contributed by atoms with Gasteiger partial charge in [0.2, 0.25) is 5.91 Å². The molecule has 1 aliphatic rings. The van der Waals surface area contributed by atoms with Gasteiger partial charge in [0, 0.05) is 28.3 Å². The van der Waals surface area contributed by atoms with Crippen molar-refractivity contribution in [1.29, 1.82) is 0 Å². The van der Waals surface area contributed by atoms with Crippen LogP contribution in [0, 0.1) is 5.92 Å². The van der Waals surface area contributed by atoms with E-state index in [4.69, 9.17) is 0 Å². The van der Waals surface area contributed by atoms with Crippen molar-refractivity contribution in [3.63, 3.8) is 0 Å². The number of halogens is 1. The molecule has 0 aliphatic carbocycles. The van der Waals surface area contributed by atoms with Gasteiger partial charge in [0.25, 0.3) is 0 Å². The molecule has 0 saturated heterocycles. The van der Waals surface area contributed by atoms with Gasteiger partial charge in [0.15, 0.2) is 0 Å². The Morgan fingerprint density at radius 3 is 2.71 bits per heavy atom. The van der Waals surface area contributed by atoms with Crippen molar-refractivity contribution in [3.8, 4) is 0 Å². The third-order valence-electron chi connectivity index (χ3n) is 3.59. The number of rotatable bonds is 6. The summed E-state index contributed by atoms with van der Waals surface area (Å²) in [6.07, 6.45) is 1.05. The highest BCUT2D eigenvalue weighted by Crippen LogP contribution is 2.33. The first-order valence-corrected chi connectivity index (χ1v) is 8.17. The number of fused-ring (bicyclic) bond motifs is 1. The average molecular weight is 354 g/mol. The van der Waals surface area contributed by atoms with Crippen LogP contribution >= 0.6 is 15.9 Å². The summed E-state index contributed by atoms with van der Waals surface area (Å²) in [4.78, 5) is 14.4. The van der Waals surface area contributed by atoms with Crippen LogP contribution in [0.1, 0.15) is 31.9 Å². The molecule has 116 valence electrons. The molecule has 0 fully saturated rings. The SMILES string of the molecule is CC(C)CC(CN(C)C)NC1C(=O)Nc2ccc(Br)cc21. The van der Waals surface area contributed by atoms with E-state index >= 15 is 0 Å². The van der Waals surface area contributed by atoms with Crippen molar-refractivity contribution < 1.29 is 4.79 Å². The van der Waals surface area contributed by atoms with Crippen LogP contribution in [0.15, 0.2) is 22.7 Å².